The number of anilines is 1. The van der Waals surface area contributed by atoms with Gasteiger partial charge in [0.2, 0.25) is 5.43 Å². The molecule has 0 amide bonds. The Morgan fingerprint density at radius 3 is 2.53 bits per heavy atom. The first-order valence-corrected chi connectivity index (χ1v) is 10.8. The van der Waals surface area contributed by atoms with Gasteiger partial charge in [0.25, 0.3) is 0 Å². The topological polar surface area (TPSA) is 52.5 Å². The van der Waals surface area contributed by atoms with Crippen molar-refractivity contribution in [2.24, 2.45) is 0 Å². The van der Waals surface area contributed by atoms with Crippen LogP contribution in [0.2, 0.25) is 0 Å². The summed E-state index contributed by atoms with van der Waals surface area (Å²) in [7, 11) is 1.43. The summed E-state index contributed by atoms with van der Waals surface area (Å²) in [4.78, 5) is 12.7. The number of hydrogen-bond donors (Lipinski definition) is 1. The summed E-state index contributed by atoms with van der Waals surface area (Å²) in [6, 6.07) is 15.6. The first-order chi connectivity index (χ1) is 15.5. The summed E-state index contributed by atoms with van der Waals surface area (Å²) in [6.07, 6.45) is 1.57. The highest BCUT2D eigenvalue weighted by atomic mass is 32.2. The highest BCUT2D eigenvalue weighted by molar-refractivity contribution is 8.00. The molecule has 8 heteroatoms. The fourth-order valence-electron chi connectivity index (χ4n) is 3.29. The monoisotopic (exact) mass is 454 g/mol. The molecule has 1 N–H and O–H groups in total. The number of rotatable bonds is 7. The van der Waals surface area contributed by atoms with Crippen LogP contribution < -0.4 is 19.6 Å². The quantitative estimate of drug-likeness (QED) is 0.340. The summed E-state index contributed by atoms with van der Waals surface area (Å²) < 4.78 is 43.8. The van der Waals surface area contributed by atoms with Gasteiger partial charge in [-0.1, -0.05) is 31.0 Å². The molecule has 0 atom stereocenters. The third kappa shape index (κ3) is 4.27. The van der Waals surface area contributed by atoms with Crippen molar-refractivity contribution in [3.05, 3.63) is 88.7 Å². The number of para-hydroxylation sites is 1. The lowest BCUT2D eigenvalue weighted by Gasteiger charge is -2.18. The molecule has 0 aliphatic heterocycles. The summed E-state index contributed by atoms with van der Waals surface area (Å²) >= 11 is 1.52. The first kappa shape index (κ1) is 21.7. The highest BCUT2D eigenvalue weighted by Crippen LogP contribution is 2.35. The van der Waals surface area contributed by atoms with E-state index in [0.29, 0.717) is 22.3 Å². The Labute approximate surface area is 187 Å². The SMILES string of the molecule is CCSNc1ccc(Oc2ccc(F)cc2F)c(-n2cc(OC)c(=O)c3ccccc32)c1. The second-order valence-corrected chi connectivity index (χ2v) is 7.88. The van der Waals surface area contributed by atoms with Crippen molar-refractivity contribution in [2.75, 3.05) is 17.6 Å². The molecule has 0 fully saturated rings. The predicted molar refractivity (Wildman–Crippen MR) is 124 cm³/mol. The Hall–Kier alpha value is -3.52. The second-order valence-electron chi connectivity index (χ2n) is 6.81. The van der Waals surface area contributed by atoms with Crippen molar-refractivity contribution < 1.29 is 18.3 Å². The lowest BCUT2D eigenvalue weighted by molar-refractivity contribution is 0.408. The number of methoxy groups -OCH3 is 1. The molecule has 0 unspecified atom stereocenters. The van der Waals surface area contributed by atoms with E-state index >= 15 is 0 Å². The van der Waals surface area contributed by atoms with Crippen LogP contribution in [-0.2, 0) is 0 Å². The fourth-order valence-corrected chi connectivity index (χ4v) is 3.72. The van der Waals surface area contributed by atoms with Crippen molar-refractivity contribution in [1.82, 2.24) is 4.57 Å². The van der Waals surface area contributed by atoms with Crippen LogP contribution in [-0.4, -0.2) is 17.4 Å². The standard InChI is InChI=1S/C24H20F2N2O3S/c1-3-32-27-16-9-11-22(31-21-10-8-15(25)12-18(21)26)20(13-16)28-14-23(30-2)24(29)17-6-4-5-7-19(17)28/h4-14,27H,3H2,1-2H3. The summed E-state index contributed by atoms with van der Waals surface area (Å²) in [5.74, 6) is -0.302. The third-order valence-corrected chi connectivity index (χ3v) is 5.43. The number of halogens is 2. The molecule has 1 aromatic heterocycles. The number of nitrogens with one attached hydrogen (secondary N) is 1. The summed E-state index contributed by atoms with van der Waals surface area (Å²) in [6.45, 7) is 2.02. The van der Waals surface area contributed by atoms with Crippen LogP contribution in [0.5, 0.6) is 17.2 Å². The van der Waals surface area contributed by atoms with E-state index in [2.05, 4.69) is 4.72 Å². The first-order valence-electron chi connectivity index (χ1n) is 9.85. The van der Waals surface area contributed by atoms with Crippen LogP contribution in [0.3, 0.4) is 0 Å². The van der Waals surface area contributed by atoms with Crippen LogP contribution in [0.4, 0.5) is 14.5 Å². The fraction of sp³-hybridized carbons (Fsp3) is 0.125. The molecule has 0 radical (unpaired) electrons. The van der Waals surface area contributed by atoms with E-state index in [1.165, 1.54) is 25.1 Å². The van der Waals surface area contributed by atoms with E-state index in [-0.39, 0.29) is 16.9 Å². The lowest BCUT2D eigenvalue weighted by Crippen LogP contribution is -2.11. The molecule has 5 nitrogen and oxygen atoms in total. The minimum Gasteiger partial charge on any atom is -0.491 e. The van der Waals surface area contributed by atoms with Gasteiger partial charge in [0.05, 0.1) is 24.5 Å². The predicted octanol–water partition coefficient (Wildman–Crippen LogP) is 6.15. The Kier molecular flexibility index (Phi) is 6.32. The maximum Gasteiger partial charge on any atom is 0.231 e. The molecule has 4 rings (SSSR count). The van der Waals surface area contributed by atoms with Crippen molar-refractivity contribution in [1.29, 1.82) is 0 Å². The Morgan fingerprint density at radius 1 is 1.00 bits per heavy atom. The van der Waals surface area contributed by atoms with Crippen LogP contribution in [0.25, 0.3) is 16.6 Å². The van der Waals surface area contributed by atoms with Gasteiger partial charge in [-0.3, -0.25) is 4.79 Å². The zero-order valence-corrected chi connectivity index (χ0v) is 18.2. The van der Waals surface area contributed by atoms with Gasteiger partial charge < -0.3 is 18.8 Å². The van der Waals surface area contributed by atoms with Gasteiger partial charge in [-0.25, -0.2) is 8.78 Å². The molecule has 1 heterocycles. The number of pyridine rings is 1. The van der Waals surface area contributed by atoms with Crippen LogP contribution in [0.1, 0.15) is 6.92 Å². The molecule has 164 valence electrons. The molecular weight excluding hydrogens is 434 g/mol. The molecule has 4 aromatic rings. The lowest BCUT2D eigenvalue weighted by atomic mass is 10.1. The van der Waals surface area contributed by atoms with Crippen molar-refractivity contribution in [3.8, 4) is 22.9 Å². The summed E-state index contributed by atoms with van der Waals surface area (Å²) in [5.41, 5.74) is 1.73. The molecule has 0 saturated heterocycles. The number of benzene rings is 3. The third-order valence-electron chi connectivity index (χ3n) is 4.76. The number of fused-ring (bicyclic) bond motifs is 1. The van der Waals surface area contributed by atoms with Crippen LogP contribution in [0, 0.1) is 11.6 Å². The van der Waals surface area contributed by atoms with Gasteiger partial charge in [0, 0.05) is 22.9 Å². The van der Waals surface area contributed by atoms with Gasteiger partial charge >= 0.3 is 0 Å². The van der Waals surface area contributed by atoms with E-state index in [1.807, 2.05) is 19.1 Å². The van der Waals surface area contributed by atoms with E-state index in [9.17, 15) is 13.6 Å². The second kappa shape index (κ2) is 9.32. The van der Waals surface area contributed by atoms with Gasteiger partial charge in [-0.2, -0.15) is 0 Å². The van der Waals surface area contributed by atoms with Gasteiger partial charge in [-0.05, 0) is 42.5 Å². The molecule has 0 bridgehead atoms. The largest absolute Gasteiger partial charge is 0.491 e. The van der Waals surface area contributed by atoms with Crippen molar-refractivity contribution >= 4 is 28.5 Å². The van der Waals surface area contributed by atoms with Gasteiger partial charge in [0.15, 0.2) is 23.1 Å². The maximum absolute atomic E-state index is 14.3. The summed E-state index contributed by atoms with van der Waals surface area (Å²) in [5, 5.41) is 0.465. The van der Waals surface area contributed by atoms with Gasteiger partial charge in [-0.15, -0.1) is 0 Å². The number of ether oxygens (including phenoxy) is 2. The molecule has 0 aliphatic carbocycles. The normalized spacial score (nSPS) is 10.9. The highest BCUT2D eigenvalue weighted by Gasteiger charge is 2.16. The smallest absolute Gasteiger partial charge is 0.231 e. The van der Waals surface area contributed by atoms with Crippen molar-refractivity contribution in [2.45, 2.75) is 6.92 Å². The average molecular weight is 454 g/mol. The average Bonchev–Trinajstić information content (AvgIpc) is 2.80. The van der Waals surface area contributed by atoms with Crippen LogP contribution in [0.15, 0.2) is 71.7 Å². The number of aromatic nitrogens is 1. The van der Waals surface area contributed by atoms with E-state index in [0.717, 1.165) is 23.6 Å². The molecule has 3 aromatic carbocycles. The number of hydrogen-bond acceptors (Lipinski definition) is 5. The molecule has 0 spiro atoms. The maximum atomic E-state index is 14.3. The van der Waals surface area contributed by atoms with Crippen molar-refractivity contribution in [3.63, 3.8) is 0 Å². The van der Waals surface area contributed by atoms with Gasteiger partial charge in [0.1, 0.15) is 5.82 Å². The molecule has 0 saturated carbocycles. The zero-order chi connectivity index (χ0) is 22.7. The Balaban J connectivity index is 1.94. The molecule has 0 aliphatic rings. The minimum atomic E-state index is -0.818. The van der Waals surface area contributed by atoms with E-state index in [1.54, 1.807) is 41.1 Å². The Bertz CT molecular complexity index is 1340. The van der Waals surface area contributed by atoms with E-state index in [4.69, 9.17) is 9.47 Å². The Morgan fingerprint density at radius 2 is 1.78 bits per heavy atom. The zero-order valence-electron chi connectivity index (χ0n) is 17.4. The minimum absolute atomic E-state index is 0.117. The van der Waals surface area contributed by atoms with Crippen LogP contribution >= 0.6 is 11.9 Å². The van der Waals surface area contributed by atoms with E-state index < -0.39 is 11.6 Å². The molecule has 32 heavy (non-hydrogen) atoms. The molecular formula is C24H20F2N2O3S. The number of nitrogens with zero attached hydrogens (tertiary/aromatic N) is 1.